The fourth-order valence-corrected chi connectivity index (χ4v) is 2.51. The zero-order valence-electron chi connectivity index (χ0n) is 11.0. The van der Waals surface area contributed by atoms with Crippen molar-refractivity contribution in [2.75, 3.05) is 0 Å². The van der Waals surface area contributed by atoms with E-state index in [2.05, 4.69) is 21.0 Å². The molecule has 0 aliphatic heterocycles. The Hall–Kier alpha value is -1.20. The summed E-state index contributed by atoms with van der Waals surface area (Å²) in [6, 6.07) is 6.63. The van der Waals surface area contributed by atoms with Gasteiger partial charge in [0.1, 0.15) is 5.82 Å². The number of aromatic nitrogens is 2. The maximum absolute atomic E-state index is 13.7. The number of rotatable bonds is 4. The third-order valence-corrected chi connectivity index (χ3v) is 3.65. The molecule has 5 heteroatoms. The molecule has 0 saturated heterocycles. The summed E-state index contributed by atoms with van der Waals surface area (Å²) in [6.07, 6.45) is 1.32. The van der Waals surface area contributed by atoms with Crippen molar-refractivity contribution in [3.63, 3.8) is 0 Å². The van der Waals surface area contributed by atoms with Crippen molar-refractivity contribution in [3.05, 3.63) is 51.5 Å². The number of hydrogen-bond acceptors (Lipinski definition) is 2. The van der Waals surface area contributed by atoms with Crippen LogP contribution in [0.25, 0.3) is 0 Å². The van der Waals surface area contributed by atoms with Crippen LogP contribution in [0.4, 0.5) is 4.39 Å². The quantitative estimate of drug-likeness (QED) is 0.938. The summed E-state index contributed by atoms with van der Waals surface area (Å²) in [6.45, 7) is 2.05. The highest BCUT2D eigenvalue weighted by atomic mass is 79.9. The molecule has 0 bridgehead atoms. The van der Waals surface area contributed by atoms with Gasteiger partial charge in [-0.2, -0.15) is 5.10 Å². The molecule has 0 amide bonds. The molecule has 0 saturated carbocycles. The van der Waals surface area contributed by atoms with E-state index in [1.54, 1.807) is 16.8 Å². The maximum Gasteiger partial charge on any atom is 0.126 e. The molecule has 0 radical (unpaired) electrons. The van der Waals surface area contributed by atoms with Crippen molar-refractivity contribution in [2.24, 2.45) is 12.8 Å². The summed E-state index contributed by atoms with van der Waals surface area (Å²) in [5.41, 5.74) is 8.71. The van der Waals surface area contributed by atoms with Gasteiger partial charge in [0.15, 0.2) is 0 Å². The van der Waals surface area contributed by atoms with Crippen LogP contribution in [0.5, 0.6) is 0 Å². The van der Waals surface area contributed by atoms with E-state index in [9.17, 15) is 4.39 Å². The Morgan fingerprint density at radius 1 is 1.42 bits per heavy atom. The number of benzene rings is 1. The fourth-order valence-electron chi connectivity index (χ4n) is 2.10. The predicted octanol–water partition coefficient (Wildman–Crippen LogP) is 3.13. The summed E-state index contributed by atoms with van der Waals surface area (Å²) in [7, 11) is 1.87. The molecular formula is C14H17BrFN3. The van der Waals surface area contributed by atoms with Crippen LogP contribution in [-0.2, 0) is 19.9 Å². The number of halogens is 2. The highest BCUT2D eigenvalue weighted by Gasteiger charge is 2.15. The van der Waals surface area contributed by atoms with E-state index >= 15 is 0 Å². The lowest BCUT2D eigenvalue weighted by Crippen LogP contribution is -2.17. The summed E-state index contributed by atoms with van der Waals surface area (Å²) < 4.78 is 16.4. The molecule has 1 aromatic heterocycles. The number of nitrogens with zero attached hydrogens (tertiary/aromatic N) is 2. The first-order valence-corrected chi connectivity index (χ1v) is 7.03. The van der Waals surface area contributed by atoms with Crippen molar-refractivity contribution in [1.29, 1.82) is 0 Å². The Morgan fingerprint density at radius 2 is 2.16 bits per heavy atom. The Morgan fingerprint density at radius 3 is 2.79 bits per heavy atom. The molecule has 3 nitrogen and oxygen atoms in total. The van der Waals surface area contributed by atoms with E-state index in [4.69, 9.17) is 5.73 Å². The summed E-state index contributed by atoms with van der Waals surface area (Å²) in [5, 5.41) is 4.37. The van der Waals surface area contributed by atoms with Gasteiger partial charge in [0.2, 0.25) is 0 Å². The standard InChI is InChI=1S/C14H17BrFN3/c1-3-11-8-14(19(2)18-11)13(17)7-9-6-10(15)4-5-12(9)16/h4-6,8,13H,3,7,17H2,1-2H3. The first-order chi connectivity index (χ1) is 9.01. The minimum absolute atomic E-state index is 0.225. The van der Waals surface area contributed by atoms with Gasteiger partial charge in [-0.15, -0.1) is 0 Å². The molecule has 19 heavy (non-hydrogen) atoms. The van der Waals surface area contributed by atoms with Crippen LogP contribution >= 0.6 is 15.9 Å². The summed E-state index contributed by atoms with van der Waals surface area (Å²) >= 11 is 3.35. The third kappa shape index (κ3) is 3.22. The lowest BCUT2D eigenvalue weighted by atomic mass is 10.0. The zero-order chi connectivity index (χ0) is 14.0. The topological polar surface area (TPSA) is 43.8 Å². The van der Waals surface area contributed by atoms with E-state index in [0.717, 1.165) is 22.3 Å². The highest BCUT2D eigenvalue weighted by molar-refractivity contribution is 9.10. The average molecular weight is 326 g/mol. The number of aryl methyl sites for hydroxylation is 2. The number of hydrogen-bond donors (Lipinski definition) is 1. The van der Waals surface area contributed by atoms with E-state index in [1.807, 2.05) is 20.0 Å². The minimum atomic E-state index is -0.262. The van der Waals surface area contributed by atoms with Crippen LogP contribution < -0.4 is 5.73 Å². The third-order valence-electron chi connectivity index (χ3n) is 3.16. The van der Waals surface area contributed by atoms with E-state index < -0.39 is 0 Å². The SMILES string of the molecule is CCc1cc(C(N)Cc2cc(Br)ccc2F)n(C)n1. The van der Waals surface area contributed by atoms with Gasteiger partial charge in [-0.3, -0.25) is 4.68 Å². The minimum Gasteiger partial charge on any atom is -0.322 e. The largest absolute Gasteiger partial charge is 0.322 e. The Balaban J connectivity index is 2.22. The van der Waals surface area contributed by atoms with Gasteiger partial charge in [-0.1, -0.05) is 22.9 Å². The van der Waals surface area contributed by atoms with E-state index in [1.165, 1.54) is 6.07 Å². The average Bonchev–Trinajstić information content (AvgIpc) is 2.75. The van der Waals surface area contributed by atoms with E-state index in [0.29, 0.717) is 12.0 Å². The molecule has 2 N–H and O–H groups in total. The van der Waals surface area contributed by atoms with Gasteiger partial charge in [0.25, 0.3) is 0 Å². The van der Waals surface area contributed by atoms with Gasteiger partial charge in [0.05, 0.1) is 17.4 Å². The molecule has 0 aliphatic carbocycles. The highest BCUT2D eigenvalue weighted by Crippen LogP contribution is 2.22. The van der Waals surface area contributed by atoms with Gasteiger partial charge in [-0.25, -0.2) is 4.39 Å². The van der Waals surface area contributed by atoms with Crippen LogP contribution in [0, 0.1) is 5.82 Å². The lowest BCUT2D eigenvalue weighted by Gasteiger charge is -2.12. The molecule has 1 unspecified atom stereocenters. The predicted molar refractivity (Wildman–Crippen MR) is 77.3 cm³/mol. The molecule has 0 aliphatic rings. The van der Waals surface area contributed by atoms with Gasteiger partial charge < -0.3 is 5.73 Å². The molecule has 0 fully saturated rings. The van der Waals surface area contributed by atoms with Gasteiger partial charge in [0, 0.05) is 11.5 Å². The molecular weight excluding hydrogens is 309 g/mol. The summed E-state index contributed by atoms with van der Waals surface area (Å²) in [4.78, 5) is 0. The van der Waals surface area contributed by atoms with E-state index in [-0.39, 0.29) is 11.9 Å². The second kappa shape index (κ2) is 5.84. The normalized spacial score (nSPS) is 12.7. The van der Waals surface area contributed by atoms with Crippen LogP contribution in [-0.4, -0.2) is 9.78 Å². The smallest absolute Gasteiger partial charge is 0.126 e. The van der Waals surface area contributed by atoms with Crippen molar-refractivity contribution in [1.82, 2.24) is 9.78 Å². The molecule has 0 spiro atoms. The molecule has 2 aromatic rings. The zero-order valence-corrected chi connectivity index (χ0v) is 12.6. The lowest BCUT2D eigenvalue weighted by molar-refractivity contribution is 0.572. The van der Waals surface area contributed by atoms with Crippen LogP contribution in [0.1, 0.15) is 29.9 Å². The Bertz CT molecular complexity index is 580. The fraction of sp³-hybridized carbons (Fsp3) is 0.357. The summed E-state index contributed by atoms with van der Waals surface area (Å²) in [5.74, 6) is -0.225. The van der Waals surface area contributed by atoms with Crippen molar-refractivity contribution >= 4 is 15.9 Å². The van der Waals surface area contributed by atoms with Crippen molar-refractivity contribution < 1.29 is 4.39 Å². The second-order valence-corrected chi connectivity index (χ2v) is 5.50. The first-order valence-electron chi connectivity index (χ1n) is 6.23. The second-order valence-electron chi connectivity index (χ2n) is 4.58. The van der Waals surface area contributed by atoms with Crippen LogP contribution in [0.2, 0.25) is 0 Å². The monoisotopic (exact) mass is 325 g/mol. The van der Waals surface area contributed by atoms with Gasteiger partial charge in [-0.05, 0) is 42.7 Å². The molecule has 1 atom stereocenters. The molecule has 2 rings (SSSR count). The number of nitrogens with two attached hydrogens (primary N) is 1. The maximum atomic E-state index is 13.7. The first kappa shape index (κ1) is 14.2. The van der Waals surface area contributed by atoms with Crippen molar-refractivity contribution in [3.8, 4) is 0 Å². The Kier molecular flexibility index (Phi) is 4.37. The van der Waals surface area contributed by atoms with Crippen molar-refractivity contribution in [2.45, 2.75) is 25.8 Å². The van der Waals surface area contributed by atoms with Crippen LogP contribution in [0.3, 0.4) is 0 Å². The molecule has 1 aromatic carbocycles. The van der Waals surface area contributed by atoms with Crippen LogP contribution in [0.15, 0.2) is 28.7 Å². The van der Waals surface area contributed by atoms with Gasteiger partial charge >= 0.3 is 0 Å². The molecule has 102 valence electrons. The molecule has 1 heterocycles. The Labute approximate surface area is 120 Å².